The number of nitrogen functional groups attached to an aromatic ring is 1. The Labute approximate surface area is 92.3 Å². The molecule has 0 saturated heterocycles. The summed E-state index contributed by atoms with van der Waals surface area (Å²) in [4.78, 5) is 16.1. The van der Waals surface area contributed by atoms with E-state index in [0.29, 0.717) is 18.3 Å². The van der Waals surface area contributed by atoms with Gasteiger partial charge >= 0.3 is 6.01 Å². The van der Waals surface area contributed by atoms with E-state index in [1.54, 1.807) is 17.0 Å². The number of anilines is 1. The Hall–Kier alpha value is -2.18. The molecular formula is C9H12N6O. The van der Waals surface area contributed by atoms with Crippen LogP contribution in [0.1, 0.15) is 6.92 Å². The van der Waals surface area contributed by atoms with Crippen LogP contribution < -0.4 is 10.5 Å². The second-order valence-electron chi connectivity index (χ2n) is 3.09. The number of hydrogen-bond donors (Lipinski definition) is 1. The van der Waals surface area contributed by atoms with E-state index in [4.69, 9.17) is 10.5 Å². The smallest absolute Gasteiger partial charge is 0.321 e. The summed E-state index contributed by atoms with van der Waals surface area (Å²) in [6.07, 6.45) is 3.46. The molecule has 0 saturated carbocycles. The van der Waals surface area contributed by atoms with Gasteiger partial charge in [-0.1, -0.05) is 0 Å². The molecule has 0 radical (unpaired) electrons. The van der Waals surface area contributed by atoms with Crippen LogP contribution in [0.5, 0.6) is 6.01 Å². The van der Waals surface area contributed by atoms with E-state index in [9.17, 15) is 0 Å². The zero-order chi connectivity index (χ0) is 11.5. The molecule has 2 aromatic heterocycles. The highest BCUT2D eigenvalue weighted by atomic mass is 16.5. The maximum atomic E-state index is 5.57. The molecule has 0 bridgehead atoms. The molecule has 0 aliphatic carbocycles. The molecule has 7 nitrogen and oxygen atoms in total. The number of nitrogens with zero attached hydrogens (tertiary/aromatic N) is 5. The molecule has 7 heteroatoms. The molecule has 0 aliphatic rings. The maximum absolute atomic E-state index is 5.57. The van der Waals surface area contributed by atoms with Gasteiger partial charge in [0.05, 0.1) is 6.61 Å². The Morgan fingerprint density at radius 1 is 1.38 bits per heavy atom. The van der Waals surface area contributed by atoms with Crippen LogP contribution in [-0.2, 0) is 7.05 Å². The zero-order valence-electron chi connectivity index (χ0n) is 9.08. The highest BCUT2D eigenvalue weighted by Crippen LogP contribution is 2.14. The summed E-state index contributed by atoms with van der Waals surface area (Å²) in [5, 5.41) is 0. The van der Waals surface area contributed by atoms with Crippen molar-refractivity contribution >= 4 is 5.95 Å². The highest BCUT2D eigenvalue weighted by Gasteiger charge is 2.10. The summed E-state index contributed by atoms with van der Waals surface area (Å²) < 4.78 is 6.98. The Morgan fingerprint density at radius 3 is 2.81 bits per heavy atom. The van der Waals surface area contributed by atoms with Gasteiger partial charge in [-0.25, -0.2) is 4.98 Å². The summed E-state index contributed by atoms with van der Waals surface area (Å²) in [6, 6.07) is 0.216. The van der Waals surface area contributed by atoms with E-state index in [1.165, 1.54) is 0 Å². The van der Waals surface area contributed by atoms with Gasteiger partial charge in [-0.05, 0) is 6.92 Å². The molecule has 0 unspecified atom stereocenters. The van der Waals surface area contributed by atoms with E-state index >= 15 is 0 Å². The number of hydrogen-bond acceptors (Lipinski definition) is 6. The van der Waals surface area contributed by atoms with Crippen molar-refractivity contribution in [2.75, 3.05) is 12.3 Å². The number of aromatic nitrogens is 5. The molecule has 0 fully saturated rings. The number of aryl methyl sites for hydroxylation is 1. The molecule has 84 valence electrons. The van der Waals surface area contributed by atoms with Crippen LogP contribution in [0.2, 0.25) is 0 Å². The lowest BCUT2D eigenvalue weighted by atomic mass is 10.5. The van der Waals surface area contributed by atoms with E-state index in [1.807, 2.05) is 14.0 Å². The Morgan fingerprint density at radius 2 is 2.19 bits per heavy atom. The minimum atomic E-state index is 0.122. The third-order valence-electron chi connectivity index (χ3n) is 1.93. The van der Waals surface area contributed by atoms with Crippen LogP contribution in [0.15, 0.2) is 12.4 Å². The fraction of sp³-hybridized carbons (Fsp3) is 0.333. The fourth-order valence-electron chi connectivity index (χ4n) is 1.25. The SMILES string of the molecule is CCOc1nc(N)nc(-c2nccn2C)n1. The Kier molecular flexibility index (Phi) is 2.67. The van der Waals surface area contributed by atoms with Gasteiger partial charge in [0.15, 0.2) is 5.82 Å². The van der Waals surface area contributed by atoms with Crippen LogP contribution in [0, 0.1) is 0 Å². The average molecular weight is 220 g/mol. The van der Waals surface area contributed by atoms with Crippen molar-refractivity contribution in [2.45, 2.75) is 6.92 Å². The molecule has 0 aliphatic heterocycles. The predicted molar refractivity (Wildman–Crippen MR) is 57.6 cm³/mol. The van der Waals surface area contributed by atoms with Gasteiger partial charge in [-0.3, -0.25) is 0 Å². The minimum absolute atomic E-state index is 0.122. The van der Waals surface area contributed by atoms with Crippen molar-refractivity contribution in [2.24, 2.45) is 7.05 Å². The first-order valence-electron chi connectivity index (χ1n) is 4.82. The molecule has 2 rings (SSSR count). The number of rotatable bonds is 3. The average Bonchev–Trinajstić information content (AvgIpc) is 2.64. The second kappa shape index (κ2) is 4.13. The molecule has 2 heterocycles. The minimum Gasteiger partial charge on any atom is -0.464 e. The third kappa shape index (κ3) is 1.92. The molecule has 0 amide bonds. The Balaban J connectivity index is 2.45. The summed E-state index contributed by atoms with van der Waals surface area (Å²) in [5.41, 5.74) is 5.57. The quantitative estimate of drug-likeness (QED) is 0.797. The molecule has 0 atom stereocenters. The number of nitrogens with two attached hydrogens (primary N) is 1. The van der Waals surface area contributed by atoms with Crippen LogP contribution in [0.3, 0.4) is 0 Å². The van der Waals surface area contributed by atoms with Crippen molar-refractivity contribution in [3.05, 3.63) is 12.4 Å². The normalized spacial score (nSPS) is 10.4. The first-order valence-corrected chi connectivity index (χ1v) is 4.82. The van der Waals surface area contributed by atoms with Crippen LogP contribution in [0.4, 0.5) is 5.95 Å². The van der Waals surface area contributed by atoms with Crippen molar-refractivity contribution < 1.29 is 4.74 Å². The van der Waals surface area contributed by atoms with Crippen molar-refractivity contribution in [3.8, 4) is 17.7 Å². The van der Waals surface area contributed by atoms with Gasteiger partial charge in [-0.2, -0.15) is 15.0 Å². The van der Waals surface area contributed by atoms with Crippen LogP contribution >= 0.6 is 0 Å². The standard InChI is InChI=1S/C9H12N6O/c1-3-16-9-13-6(12-8(10)14-9)7-11-4-5-15(7)2/h4-5H,3H2,1-2H3,(H2,10,12,13,14). The van der Waals surface area contributed by atoms with Gasteiger partial charge in [0, 0.05) is 19.4 Å². The summed E-state index contributed by atoms with van der Waals surface area (Å²) in [5.74, 6) is 1.15. The van der Waals surface area contributed by atoms with E-state index < -0.39 is 0 Å². The van der Waals surface area contributed by atoms with Crippen molar-refractivity contribution in [1.29, 1.82) is 0 Å². The predicted octanol–water partition coefficient (Wildman–Crippen LogP) is 0.253. The topological polar surface area (TPSA) is 91.7 Å². The highest BCUT2D eigenvalue weighted by molar-refractivity contribution is 5.46. The van der Waals surface area contributed by atoms with E-state index in [0.717, 1.165) is 0 Å². The third-order valence-corrected chi connectivity index (χ3v) is 1.93. The molecule has 2 aromatic rings. The van der Waals surface area contributed by atoms with Crippen LogP contribution in [0.25, 0.3) is 11.6 Å². The maximum Gasteiger partial charge on any atom is 0.321 e. The first kappa shape index (κ1) is 10.3. The lowest BCUT2D eigenvalue weighted by Gasteiger charge is -2.04. The molecule has 16 heavy (non-hydrogen) atoms. The molecule has 2 N–H and O–H groups in total. The lowest BCUT2D eigenvalue weighted by Crippen LogP contribution is -2.06. The largest absolute Gasteiger partial charge is 0.464 e. The van der Waals surface area contributed by atoms with E-state index in [-0.39, 0.29) is 12.0 Å². The summed E-state index contributed by atoms with van der Waals surface area (Å²) in [6.45, 7) is 2.32. The number of imidazole rings is 1. The zero-order valence-corrected chi connectivity index (χ0v) is 9.08. The summed E-state index contributed by atoms with van der Waals surface area (Å²) >= 11 is 0. The first-order chi connectivity index (χ1) is 7.70. The van der Waals surface area contributed by atoms with Crippen LogP contribution in [-0.4, -0.2) is 31.1 Å². The van der Waals surface area contributed by atoms with E-state index in [2.05, 4.69) is 19.9 Å². The molecular weight excluding hydrogens is 208 g/mol. The second-order valence-corrected chi connectivity index (χ2v) is 3.09. The fourth-order valence-corrected chi connectivity index (χ4v) is 1.25. The van der Waals surface area contributed by atoms with Crippen molar-refractivity contribution in [3.63, 3.8) is 0 Å². The Bertz CT molecular complexity index is 494. The molecule has 0 aromatic carbocycles. The monoisotopic (exact) mass is 220 g/mol. The van der Waals surface area contributed by atoms with Gasteiger partial charge in [0.1, 0.15) is 0 Å². The van der Waals surface area contributed by atoms with Gasteiger partial charge in [0.2, 0.25) is 11.8 Å². The lowest BCUT2D eigenvalue weighted by molar-refractivity contribution is 0.312. The van der Waals surface area contributed by atoms with Crippen molar-refractivity contribution in [1.82, 2.24) is 24.5 Å². The number of ether oxygens (including phenoxy) is 1. The van der Waals surface area contributed by atoms with Gasteiger partial charge in [0.25, 0.3) is 0 Å². The summed E-state index contributed by atoms with van der Waals surface area (Å²) in [7, 11) is 1.85. The molecule has 0 spiro atoms. The van der Waals surface area contributed by atoms with Gasteiger partial charge in [-0.15, -0.1) is 0 Å². The van der Waals surface area contributed by atoms with Gasteiger partial charge < -0.3 is 15.0 Å².